The summed E-state index contributed by atoms with van der Waals surface area (Å²) in [5.74, 6) is -0.100. The number of hydrogen-bond donors (Lipinski definition) is 1. The van der Waals surface area contributed by atoms with Gasteiger partial charge < -0.3 is 9.88 Å². The first kappa shape index (κ1) is 19.2. The Kier molecular flexibility index (Phi) is 5.45. The Balaban J connectivity index is 1.67. The monoisotopic (exact) mass is 391 g/mol. The van der Waals surface area contributed by atoms with Crippen molar-refractivity contribution in [1.82, 2.24) is 4.57 Å². The molecule has 0 unspecified atom stereocenters. The van der Waals surface area contributed by atoms with Crippen molar-refractivity contribution < 1.29 is 4.79 Å². The summed E-state index contributed by atoms with van der Waals surface area (Å²) in [5.41, 5.74) is 5.25. The van der Waals surface area contributed by atoms with Gasteiger partial charge in [0.05, 0.1) is 11.6 Å². The molecule has 0 aliphatic rings. The van der Waals surface area contributed by atoms with Crippen LogP contribution in [0.2, 0.25) is 0 Å². The molecule has 30 heavy (non-hydrogen) atoms. The van der Waals surface area contributed by atoms with Crippen LogP contribution >= 0.6 is 0 Å². The first-order chi connectivity index (χ1) is 14.6. The number of carbonyl (C=O) groups excluding carboxylic acids is 1. The van der Waals surface area contributed by atoms with E-state index in [2.05, 4.69) is 11.4 Å². The van der Waals surface area contributed by atoms with Crippen molar-refractivity contribution >= 4 is 34.1 Å². The summed E-state index contributed by atoms with van der Waals surface area (Å²) in [6.45, 7) is 2.21. The number of nitrogens with one attached hydrogen (secondary N) is 1. The molecule has 4 rings (SSSR count). The standard InChI is InChI=1S/C26H21N3O/c1-19-11-13-20(14-12-19)21(16-27)15-22-17-29(25-10-6-5-9-24(22)25)18-26(30)28-23-7-3-2-4-8-23/h2-15,17H,18H2,1H3,(H,28,30)/b21-15-. The first-order valence-electron chi connectivity index (χ1n) is 9.75. The fourth-order valence-corrected chi connectivity index (χ4v) is 3.47. The molecule has 0 radical (unpaired) electrons. The molecule has 0 spiro atoms. The quantitative estimate of drug-likeness (QED) is 0.447. The van der Waals surface area contributed by atoms with Gasteiger partial charge in [-0.05, 0) is 36.8 Å². The number of benzene rings is 3. The summed E-state index contributed by atoms with van der Waals surface area (Å²) < 4.78 is 1.92. The number of amides is 1. The Labute approximate surface area is 175 Å². The van der Waals surface area contributed by atoms with Crippen LogP contribution in [0.5, 0.6) is 0 Å². The van der Waals surface area contributed by atoms with Crippen molar-refractivity contribution in [3.63, 3.8) is 0 Å². The van der Waals surface area contributed by atoms with Crippen LogP contribution in [0.1, 0.15) is 16.7 Å². The molecule has 4 nitrogen and oxygen atoms in total. The number of carbonyl (C=O) groups is 1. The summed E-state index contributed by atoms with van der Waals surface area (Å²) in [5, 5.41) is 13.6. The number of aromatic nitrogens is 1. The molecule has 4 aromatic rings. The number of fused-ring (bicyclic) bond motifs is 1. The average molecular weight is 391 g/mol. The second-order valence-corrected chi connectivity index (χ2v) is 7.18. The van der Waals surface area contributed by atoms with E-state index in [1.165, 1.54) is 0 Å². The van der Waals surface area contributed by atoms with E-state index in [4.69, 9.17) is 0 Å². The molecule has 1 aromatic heterocycles. The first-order valence-corrected chi connectivity index (χ1v) is 9.75. The summed E-state index contributed by atoms with van der Waals surface area (Å²) in [7, 11) is 0. The predicted molar refractivity (Wildman–Crippen MR) is 122 cm³/mol. The van der Waals surface area contributed by atoms with Crippen LogP contribution in [0.4, 0.5) is 5.69 Å². The zero-order chi connectivity index (χ0) is 20.9. The van der Waals surface area contributed by atoms with E-state index < -0.39 is 0 Å². The number of aryl methyl sites for hydroxylation is 1. The molecule has 0 saturated carbocycles. The summed E-state index contributed by atoms with van der Waals surface area (Å²) >= 11 is 0. The Morgan fingerprint density at radius 1 is 1.00 bits per heavy atom. The van der Waals surface area contributed by atoms with Gasteiger partial charge in [0.25, 0.3) is 0 Å². The second-order valence-electron chi connectivity index (χ2n) is 7.18. The molecule has 146 valence electrons. The number of nitriles is 1. The topological polar surface area (TPSA) is 57.8 Å². The molecule has 3 aromatic carbocycles. The van der Waals surface area contributed by atoms with Crippen LogP contribution in [-0.4, -0.2) is 10.5 Å². The van der Waals surface area contributed by atoms with E-state index in [9.17, 15) is 10.1 Å². The third kappa shape index (κ3) is 4.16. The maximum atomic E-state index is 12.6. The summed E-state index contributed by atoms with van der Waals surface area (Å²) in [4.78, 5) is 12.6. The van der Waals surface area contributed by atoms with E-state index in [-0.39, 0.29) is 12.5 Å². The van der Waals surface area contributed by atoms with E-state index in [1.807, 2.05) is 103 Å². The number of para-hydroxylation sites is 2. The van der Waals surface area contributed by atoms with Gasteiger partial charge >= 0.3 is 0 Å². The predicted octanol–water partition coefficient (Wildman–Crippen LogP) is 5.65. The number of hydrogen-bond acceptors (Lipinski definition) is 2. The molecule has 1 N–H and O–H groups in total. The van der Waals surface area contributed by atoms with Gasteiger partial charge in [0.2, 0.25) is 5.91 Å². The van der Waals surface area contributed by atoms with Crippen molar-refractivity contribution in [2.75, 3.05) is 5.32 Å². The van der Waals surface area contributed by atoms with Crippen LogP contribution < -0.4 is 5.32 Å². The van der Waals surface area contributed by atoms with Crippen molar-refractivity contribution in [3.8, 4) is 6.07 Å². The Morgan fingerprint density at radius 3 is 2.43 bits per heavy atom. The molecule has 0 aliphatic carbocycles. The highest BCUT2D eigenvalue weighted by molar-refractivity contribution is 5.99. The summed E-state index contributed by atoms with van der Waals surface area (Å²) in [6.07, 6.45) is 3.82. The lowest BCUT2D eigenvalue weighted by Gasteiger charge is -2.07. The van der Waals surface area contributed by atoms with Gasteiger partial charge in [-0.25, -0.2) is 0 Å². The van der Waals surface area contributed by atoms with Crippen molar-refractivity contribution in [2.45, 2.75) is 13.5 Å². The molecule has 0 saturated heterocycles. The minimum Gasteiger partial charge on any atom is -0.337 e. The maximum Gasteiger partial charge on any atom is 0.244 e. The van der Waals surface area contributed by atoms with Crippen LogP contribution in [0.15, 0.2) is 85.1 Å². The van der Waals surface area contributed by atoms with Crippen LogP contribution in [0, 0.1) is 18.3 Å². The van der Waals surface area contributed by atoms with Crippen LogP contribution in [0.3, 0.4) is 0 Å². The van der Waals surface area contributed by atoms with E-state index in [1.54, 1.807) is 0 Å². The molecule has 0 aliphatic heterocycles. The normalized spacial score (nSPS) is 11.3. The number of nitrogens with zero attached hydrogens (tertiary/aromatic N) is 2. The lowest BCUT2D eigenvalue weighted by Crippen LogP contribution is -2.18. The Morgan fingerprint density at radius 2 is 1.70 bits per heavy atom. The number of anilines is 1. The van der Waals surface area contributed by atoms with Gasteiger partial charge in [0.15, 0.2) is 0 Å². The molecule has 4 heteroatoms. The third-order valence-electron chi connectivity index (χ3n) is 4.97. The van der Waals surface area contributed by atoms with E-state index in [0.29, 0.717) is 5.57 Å². The molecular formula is C26H21N3O. The van der Waals surface area contributed by atoms with Crippen molar-refractivity contribution in [1.29, 1.82) is 5.26 Å². The maximum absolute atomic E-state index is 12.6. The Hall–Kier alpha value is -4.10. The molecular weight excluding hydrogens is 370 g/mol. The fraction of sp³-hybridized carbons (Fsp3) is 0.0769. The van der Waals surface area contributed by atoms with Gasteiger partial charge in [0.1, 0.15) is 6.54 Å². The van der Waals surface area contributed by atoms with Crippen molar-refractivity contribution in [3.05, 3.63) is 102 Å². The van der Waals surface area contributed by atoms with Crippen LogP contribution in [-0.2, 0) is 11.3 Å². The van der Waals surface area contributed by atoms with Gasteiger partial charge in [-0.2, -0.15) is 5.26 Å². The molecule has 0 bridgehead atoms. The lowest BCUT2D eigenvalue weighted by atomic mass is 10.0. The van der Waals surface area contributed by atoms with E-state index >= 15 is 0 Å². The minimum atomic E-state index is -0.100. The average Bonchev–Trinajstić information content (AvgIpc) is 3.10. The van der Waals surface area contributed by atoms with Crippen molar-refractivity contribution in [2.24, 2.45) is 0 Å². The smallest absolute Gasteiger partial charge is 0.244 e. The zero-order valence-electron chi connectivity index (χ0n) is 16.7. The van der Waals surface area contributed by atoms with Gasteiger partial charge in [0, 0.05) is 28.4 Å². The lowest BCUT2D eigenvalue weighted by molar-refractivity contribution is -0.116. The second kappa shape index (κ2) is 8.50. The molecule has 1 amide bonds. The number of allylic oxidation sites excluding steroid dienone is 1. The largest absolute Gasteiger partial charge is 0.337 e. The minimum absolute atomic E-state index is 0.100. The Bertz CT molecular complexity index is 1260. The van der Waals surface area contributed by atoms with Gasteiger partial charge in [-0.15, -0.1) is 0 Å². The van der Waals surface area contributed by atoms with Crippen LogP contribution in [0.25, 0.3) is 22.6 Å². The fourth-order valence-electron chi connectivity index (χ4n) is 3.47. The molecule has 1 heterocycles. The molecule has 0 atom stereocenters. The van der Waals surface area contributed by atoms with Gasteiger partial charge in [-0.3, -0.25) is 4.79 Å². The highest BCUT2D eigenvalue weighted by Crippen LogP contribution is 2.26. The SMILES string of the molecule is Cc1ccc(/C(C#N)=C\c2cn(CC(=O)Nc3ccccc3)c3ccccc23)cc1. The zero-order valence-corrected chi connectivity index (χ0v) is 16.7. The third-order valence-corrected chi connectivity index (χ3v) is 4.97. The highest BCUT2D eigenvalue weighted by Gasteiger charge is 2.11. The van der Waals surface area contributed by atoms with Gasteiger partial charge in [-0.1, -0.05) is 66.2 Å². The highest BCUT2D eigenvalue weighted by atomic mass is 16.1. The van der Waals surface area contributed by atoms with E-state index in [0.717, 1.165) is 33.3 Å². The molecule has 0 fully saturated rings. The summed E-state index contributed by atoms with van der Waals surface area (Å²) in [6, 6.07) is 27.5. The number of rotatable bonds is 5.